The number of aryl methyl sites for hydroxylation is 2. The molecule has 0 saturated carbocycles. The van der Waals surface area contributed by atoms with Crippen molar-refractivity contribution in [3.63, 3.8) is 0 Å². The van der Waals surface area contributed by atoms with Crippen LogP contribution in [-0.2, 0) is 6.42 Å². The molecule has 0 radical (unpaired) electrons. The third kappa shape index (κ3) is 4.79. The summed E-state index contributed by atoms with van der Waals surface area (Å²) in [5.74, 6) is 0. The Morgan fingerprint density at radius 1 is 1.25 bits per heavy atom. The summed E-state index contributed by atoms with van der Waals surface area (Å²) < 4.78 is 0. The Morgan fingerprint density at radius 3 is 2.56 bits per heavy atom. The van der Waals surface area contributed by atoms with E-state index in [4.69, 9.17) is 0 Å². The molecule has 84 valence electrons. The summed E-state index contributed by atoms with van der Waals surface area (Å²) in [6.45, 7) is 7.88. The minimum atomic E-state index is 1.09. The first-order valence-corrected chi connectivity index (χ1v) is 5.74. The second-order valence-electron chi connectivity index (χ2n) is 4.07. The van der Waals surface area contributed by atoms with Gasteiger partial charge in [-0.05, 0) is 32.3 Å². The highest BCUT2D eigenvalue weighted by Crippen LogP contribution is 2.06. The van der Waals surface area contributed by atoms with Crippen LogP contribution in [-0.4, -0.2) is 0 Å². The lowest BCUT2D eigenvalue weighted by Gasteiger charge is -1.98. The molecule has 0 saturated heterocycles. The van der Waals surface area contributed by atoms with E-state index in [9.17, 15) is 0 Å². The van der Waals surface area contributed by atoms with Gasteiger partial charge in [-0.3, -0.25) is 0 Å². The third-order valence-corrected chi connectivity index (χ3v) is 2.48. The van der Waals surface area contributed by atoms with E-state index in [0.717, 1.165) is 12.8 Å². The summed E-state index contributed by atoms with van der Waals surface area (Å²) >= 11 is 0. The Bertz CT molecular complexity index is 377. The van der Waals surface area contributed by atoms with Crippen molar-refractivity contribution in [2.24, 2.45) is 0 Å². The van der Waals surface area contributed by atoms with Gasteiger partial charge in [-0.1, -0.05) is 66.3 Å². The van der Waals surface area contributed by atoms with E-state index in [1.807, 2.05) is 12.2 Å². The van der Waals surface area contributed by atoms with E-state index in [2.05, 4.69) is 56.8 Å². The lowest BCUT2D eigenvalue weighted by Crippen LogP contribution is -1.83. The maximum Gasteiger partial charge on any atom is -0.0244 e. The van der Waals surface area contributed by atoms with E-state index in [1.54, 1.807) is 0 Å². The molecule has 1 rings (SSSR count). The van der Waals surface area contributed by atoms with E-state index >= 15 is 0 Å². The lowest BCUT2D eigenvalue weighted by atomic mass is 10.1. The highest BCUT2D eigenvalue weighted by molar-refractivity contribution is 5.23. The fraction of sp³-hybridized carbons (Fsp3) is 0.250. The molecule has 16 heavy (non-hydrogen) atoms. The lowest BCUT2D eigenvalue weighted by molar-refractivity contribution is 0.998. The standard InChI is InChI=1S/C16H20/c1-4-7-14(2)8-5-6-9-16-12-10-15(3)11-13-16/h4-5,7-8,10-13H,1,6,9H2,2-3H3/b8-5-,14-7-. The third-order valence-electron chi connectivity index (χ3n) is 2.48. The van der Waals surface area contributed by atoms with Gasteiger partial charge in [0.1, 0.15) is 0 Å². The number of hydrogen-bond acceptors (Lipinski definition) is 0. The molecule has 0 heteroatoms. The van der Waals surface area contributed by atoms with Crippen molar-refractivity contribution in [3.8, 4) is 0 Å². The van der Waals surface area contributed by atoms with Gasteiger partial charge in [-0.15, -0.1) is 0 Å². The van der Waals surface area contributed by atoms with Gasteiger partial charge in [0.25, 0.3) is 0 Å². The molecular formula is C16H20. The molecule has 0 atom stereocenters. The molecule has 0 aliphatic heterocycles. The van der Waals surface area contributed by atoms with Crippen molar-refractivity contribution in [2.75, 3.05) is 0 Å². The van der Waals surface area contributed by atoms with Gasteiger partial charge in [0.15, 0.2) is 0 Å². The Kier molecular flexibility index (Phi) is 5.35. The van der Waals surface area contributed by atoms with Crippen molar-refractivity contribution in [3.05, 3.63) is 71.8 Å². The van der Waals surface area contributed by atoms with Crippen LogP contribution in [0.3, 0.4) is 0 Å². The zero-order valence-corrected chi connectivity index (χ0v) is 10.2. The minimum Gasteiger partial charge on any atom is -0.0991 e. The summed E-state index contributed by atoms with van der Waals surface area (Å²) in [7, 11) is 0. The first kappa shape index (κ1) is 12.5. The number of benzene rings is 1. The van der Waals surface area contributed by atoms with Crippen LogP contribution in [0.2, 0.25) is 0 Å². The van der Waals surface area contributed by atoms with Crippen LogP contribution in [0.25, 0.3) is 0 Å². The number of rotatable bonds is 5. The molecule has 0 N–H and O–H groups in total. The van der Waals surface area contributed by atoms with Gasteiger partial charge in [0.05, 0.1) is 0 Å². The Balaban J connectivity index is 2.38. The van der Waals surface area contributed by atoms with Crippen LogP contribution >= 0.6 is 0 Å². The Labute approximate surface area is 99.0 Å². The van der Waals surface area contributed by atoms with Crippen LogP contribution in [0, 0.1) is 6.92 Å². The SMILES string of the molecule is C=C/C=C(C)\C=C/CCc1ccc(C)cc1. The highest BCUT2D eigenvalue weighted by Gasteiger charge is 1.90. The van der Waals surface area contributed by atoms with Crippen molar-refractivity contribution >= 4 is 0 Å². The number of allylic oxidation sites excluding steroid dienone is 5. The van der Waals surface area contributed by atoms with Gasteiger partial charge in [0, 0.05) is 0 Å². The molecule has 0 amide bonds. The number of hydrogen-bond donors (Lipinski definition) is 0. The highest BCUT2D eigenvalue weighted by atomic mass is 14.0. The topological polar surface area (TPSA) is 0 Å². The second kappa shape index (κ2) is 6.84. The Morgan fingerprint density at radius 2 is 1.94 bits per heavy atom. The zero-order chi connectivity index (χ0) is 11.8. The molecule has 0 fully saturated rings. The van der Waals surface area contributed by atoms with Crippen LogP contribution < -0.4 is 0 Å². The predicted octanol–water partition coefficient (Wildman–Crippen LogP) is 4.62. The molecular weight excluding hydrogens is 192 g/mol. The van der Waals surface area contributed by atoms with Gasteiger partial charge < -0.3 is 0 Å². The maximum absolute atomic E-state index is 3.67. The zero-order valence-electron chi connectivity index (χ0n) is 10.2. The first-order valence-electron chi connectivity index (χ1n) is 5.74. The normalized spacial score (nSPS) is 12.0. The average molecular weight is 212 g/mol. The summed E-state index contributed by atoms with van der Waals surface area (Å²) in [4.78, 5) is 0. The second-order valence-corrected chi connectivity index (χ2v) is 4.07. The van der Waals surface area contributed by atoms with E-state index in [-0.39, 0.29) is 0 Å². The van der Waals surface area contributed by atoms with E-state index in [0.29, 0.717) is 0 Å². The summed E-state index contributed by atoms with van der Waals surface area (Å²) in [6, 6.07) is 8.75. The summed E-state index contributed by atoms with van der Waals surface area (Å²) in [6.07, 6.45) is 10.4. The quantitative estimate of drug-likeness (QED) is 0.625. The molecule has 0 bridgehead atoms. The van der Waals surface area contributed by atoms with Crippen molar-refractivity contribution in [1.82, 2.24) is 0 Å². The van der Waals surface area contributed by atoms with E-state index in [1.165, 1.54) is 16.7 Å². The molecule has 1 aromatic carbocycles. The fourth-order valence-corrected chi connectivity index (χ4v) is 1.52. The smallest absolute Gasteiger partial charge is 0.0244 e. The molecule has 0 aliphatic rings. The first-order chi connectivity index (χ1) is 7.72. The molecule has 0 unspecified atom stereocenters. The fourth-order valence-electron chi connectivity index (χ4n) is 1.52. The molecule has 1 aromatic rings. The van der Waals surface area contributed by atoms with Crippen molar-refractivity contribution in [2.45, 2.75) is 26.7 Å². The Hall–Kier alpha value is -1.56. The monoisotopic (exact) mass is 212 g/mol. The largest absolute Gasteiger partial charge is 0.0991 e. The van der Waals surface area contributed by atoms with Crippen molar-refractivity contribution in [1.29, 1.82) is 0 Å². The molecule has 0 spiro atoms. The predicted molar refractivity (Wildman–Crippen MR) is 72.6 cm³/mol. The van der Waals surface area contributed by atoms with Crippen LogP contribution in [0.1, 0.15) is 24.5 Å². The summed E-state index contributed by atoms with van der Waals surface area (Å²) in [5.41, 5.74) is 3.98. The van der Waals surface area contributed by atoms with Crippen LogP contribution in [0.4, 0.5) is 0 Å². The van der Waals surface area contributed by atoms with E-state index < -0.39 is 0 Å². The van der Waals surface area contributed by atoms with Crippen molar-refractivity contribution < 1.29 is 0 Å². The summed E-state index contributed by atoms with van der Waals surface area (Å²) in [5, 5.41) is 0. The molecule has 0 nitrogen and oxygen atoms in total. The van der Waals surface area contributed by atoms with Gasteiger partial charge >= 0.3 is 0 Å². The molecule has 0 aliphatic carbocycles. The van der Waals surface area contributed by atoms with Crippen LogP contribution in [0.15, 0.2) is 60.7 Å². The van der Waals surface area contributed by atoms with Gasteiger partial charge in [-0.2, -0.15) is 0 Å². The van der Waals surface area contributed by atoms with Crippen LogP contribution in [0.5, 0.6) is 0 Å². The van der Waals surface area contributed by atoms with Gasteiger partial charge in [-0.25, -0.2) is 0 Å². The van der Waals surface area contributed by atoms with Gasteiger partial charge in [0.2, 0.25) is 0 Å². The maximum atomic E-state index is 3.67. The molecule has 0 heterocycles. The molecule has 0 aromatic heterocycles. The minimum absolute atomic E-state index is 1.09. The average Bonchev–Trinajstić information content (AvgIpc) is 2.27.